The van der Waals surface area contributed by atoms with E-state index in [1.54, 1.807) is 4.57 Å². The van der Waals surface area contributed by atoms with Crippen LogP contribution in [0.15, 0.2) is 18.5 Å². The molecule has 0 radical (unpaired) electrons. The van der Waals surface area contributed by atoms with Crippen molar-refractivity contribution >= 4 is 17.5 Å². The van der Waals surface area contributed by atoms with Crippen LogP contribution in [0.1, 0.15) is 17.8 Å². The number of fused-ring (bicyclic) bond motifs is 1. The van der Waals surface area contributed by atoms with Crippen LogP contribution in [0.4, 0.5) is 13.2 Å². The topological polar surface area (TPSA) is 51.0 Å². The molecular weight excluding hydrogens is 345 g/mol. The van der Waals surface area contributed by atoms with Gasteiger partial charge in [-0.3, -0.25) is 4.79 Å². The van der Waals surface area contributed by atoms with Gasteiger partial charge in [-0.25, -0.2) is 13.2 Å². The molecule has 24 heavy (non-hydrogen) atoms. The monoisotopic (exact) mass is 358 g/mol. The SMILES string of the molecule is O=C(CCl)N(Cc1c(F)ccc(F)c1F)C1CCc2nncn2C1. The van der Waals surface area contributed by atoms with Gasteiger partial charge in [0.1, 0.15) is 23.8 Å². The molecule has 128 valence electrons. The van der Waals surface area contributed by atoms with Crippen molar-refractivity contribution in [2.75, 3.05) is 5.88 Å². The molecular formula is C15H14ClF3N4O. The molecule has 0 spiro atoms. The molecule has 1 unspecified atom stereocenters. The fourth-order valence-corrected chi connectivity index (χ4v) is 3.03. The van der Waals surface area contributed by atoms with E-state index < -0.39 is 28.9 Å². The van der Waals surface area contributed by atoms with Crippen LogP contribution in [0, 0.1) is 17.5 Å². The molecule has 0 fully saturated rings. The van der Waals surface area contributed by atoms with Crippen LogP contribution in [-0.2, 0) is 24.3 Å². The number of amides is 1. The molecule has 1 aromatic carbocycles. The van der Waals surface area contributed by atoms with E-state index in [1.807, 2.05) is 0 Å². The summed E-state index contributed by atoms with van der Waals surface area (Å²) in [5, 5.41) is 7.75. The molecule has 0 N–H and O–H groups in total. The molecule has 3 rings (SSSR count). The fraction of sp³-hybridized carbons (Fsp3) is 0.400. The Hall–Kier alpha value is -2.09. The summed E-state index contributed by atoms with van der Waals surface area (Å²) >= 11 is 5.64. The molecule has 1 atom stereocenters. The highest BCUT2D eigenvalue weighted by molar-refractivity contribution is 6.27. The highest BCUT2D eigenvalue weighted by atomic mass is 35.5. The van der Waals surface area contributed by atoms with Gasteiger partial charge in [-0.1, -0.05) is 0 Å². The van der Waals surface area contributed by atoms with Gasteiger partial charge in [0, 0.05) is 18.5 Å². The quantitative estimate of drug-likeness (QED) is 0.622. The maximum atomic E-state index is 13.9. The molecule has 5 nitrogen and oxygen atoms in total. The lowest BCUT2D eigenvalue weighted by Gasteiger charge is -2.34. The Morgan fingerprint density at radius 3 is 2.83 bits per heavy atom. The van der Waals surface area contributed by atoms with Crippen LogP contribution >= 0.6 is 11.6 Å². The molecule has 0 saturated heterocycles. The van der Waals surface area contributed by atoms with E-state index in [-0.39, 0.29) is 18.5 Å². The highest BCUT2D eigenvalue weighted by Gasteiger charge is 2.30. The zero-order valence-corrected chi connectivity index (χ0v) is 13.3. The number of hydrogen-bond donors (Lipinski definition) is 0. The first kappa shape index (κ1) is 16.8. The van der Waals surface area contributed by atoms with Crippen LogP contribution < -0.4 is 0 Å². The van der Waals surface area contributed by atoms with Gasteiger partial charge in [-0.05, 0) is 18.6 Å². The largest absolute Gasteiger partial charge is 0.332 e. The lowest BCUT2D eigenvalue weighted by molar-refractivity contribution is -0.132. The summed E-state index contributed by atoms with van der Waals surface area (Å²) in [4.78, 5) is 13.5. The average molecular weight is 359 g/mol. The number of alkyl halides is 1. The molecule has 2 heterocycles. The van der Waals surface area contributed by atoms with E-state index in [9.17, 15) is 18.0 Å². The fourth-order valence-electron chi connectivity index (χ4n) is 2.88. The van der Waals surface area contributed by atoms with E-state index in [0.717, 1.165) is 11.9 Å². The molecule has 1 amide bonds. The number of rotatable bonds is 4. The second kappa shape index (κ2) is 6.80. The predicted molar refractivity (Wildman–Crippen MR) is 79.7 cm³/mol. The average Bonchev–Trinajstić information content (AvgIpc) is 3.05. The van der Waals surface area contributed by atoms with Crippen molar-refractivity contribution in [2.45, 2.75) is 32.0 Å². The third kappa shape index (κ3) is 3.10. The highest BCUT2D eigenvalue weighted by Crippen LogP contribution is 2.23. The van der Waals surface area contributed by atoms with E-state index in [1.165, 1.54) is 11.2 Å². The first-order valence-corrected chi connectivity index (χ1v) is 7.89. The van der Waals surface area contributed by atoms with Crippen LogP contribution in [0.3, 0.4) is 0 Å². The van der Waals surface area contributed by atoms with E-state index in [2.05, 4.69) is 10.2 Å². The van der Waals surface area contributed by atoms with Crippen molar-refractivity contribution in [1.29, 1.82) is 0 Å². The summed E-state index contributed by atoms with van der Waals surface area (Å²) in [6.45, 7) is 0.00657. The molecule has 1 aromatic heterocycles. The summed E-state index contributed by atoms with van der Waals surface area (Å²) in [7, 11) is 0. The Labute approximate surface area is 141 Å². The van der Waals surface area contributed by atoms with Gasteiger partial charge in [0.25, 0.3) is 0 Å². The summed E-state index contributed by atoms with van der Waals surface area (Å²) < 4.78 is 43.0. The maximum Gasteiger partial charge on any atom is 0.238 e. The smallest absolute Gasteiger partial charge is 0.238 e. The van der Waals surface area contributed by atoms with Crippen LogP contribution in [0.2, 0.25) is 0 Å². The first-order valence-electron chi connectivity index (χ1n) is 7.35. The number of halogens is 4. The molecule has 2 aromatic rings. The van der Waals surface area contributed by atoms with Crippen LogP contribution in [-0.4, -0.2) is 37.5 Å². The van der Waals surface area contributed by atoms with E-state index in [4.69, 9.17) is 11.6 Å². The van der Waals surface area contributed by atoms with Gasteiger partial charge < -0.3 is 9.47 Å². The van der Waals surface area contributed by atoms with Crippen LogP contribution in [0.25, 0.3) is 0 Å². The Bertz CT molecular complexity index is 767. The number of hydrogen-bond acceptors (Lipinski definition) is 3. The van der Waals surface area contributed by atoms with Gasteiger partial charge in [0.15, 0.2) is 11.6 Å². The van der Waals surface area contributed by atoms with Crippen LogP contribution in [0.5, 0.6) is 0 Å². The second-order valence-corrected chi connectivity index (χ2v) is 5.84. The number of benzene rings is 1. The normalized spacial score (nSPS) is 16.8. The molecule has 0 bridgehead atoms. The molecule has 0 saturated carbocycles. The second-order valence-electron chi connectivity index (χ2n) is 5.57. The Morgan fingerprint density at radius 2 is 2.08 bits per heavy atom. The van der Waals surface area contributed by atoms with Gasteiger partial charge in [0.2, 0.25) is 5.91 Å². The number of carbonyl (C=O) groups is 1. The number of aryl methyl sites for hydroxylation is 1. The van der Waals surface area contributed by atoms with E-state index >= 15 is 0 Å². The minimum absolute atomic E-state index is 0.329. The van der Waals surface area contributed by atoms with Gasteiger partial charge in [0.05, 0.1) is 12.6 Å². The van der Waals surface area contributed by atoms with Crippen molar-refractivity contribution in [3.8, 4) is 0 Å². The number of nitrogens with zero attached hydrogens (tertiary/aromatic N) is 4. The summed E-state index contributed by atoms with van der Waals surface area (Å²) in [6, 6.07) is 1.23. The minimum Gasteiger partial charge on any atom is -0.332 e. The van der Waals surface area contributed by atoms with Gasteiger partial charge in [-0.15, -0.1) is 21.8 Å². The van der Waals surface area contributed by atoms with Gasteiger partial charge in [-0.2, -0.15) is 0 Å². The summed E-state index contributed by atoms with van der Waals surface area (Å²) in [5.41, 5.74) is -0.483. The Morgan fingerprint density at radius 1 is 1.33 bits per heavy atom. The zero-order valence-electron chi connectivity index (χ0n) is 12.6. The summed E-state index contributed by atoms with van der Waals surface area (Å²) in [5.74, 6) is -3.36. The minimum atomic E-state index is -1.29. The van der Waals surface area contributed by atoms with E-state index in [0.29, 0.717) is 25.5 Å². The van der Waals surface area contributed by atoms with Crippen molar-refractivity contribution in [3.05, 3.63) is 47.3 Å². The van der Waals surface area contributed by atoms with Crippen molar-refractivity contribution in [3.63, 3.8) is 0 Å². The molecule has 9 heteroatoms. The van der Waals surface area contributed by atoms with Crippen molar-refractivity contribution in [1.82, 2.24) is 19.7 Å². The van der Waals surface area contributed by atoms with Gasteiger partial charge >= 0.3 is 0 Å². The molecule has 1 aliphatic rings. The van der Waals surface area contributed by atoms with Crippen molar-refractivity contribution in [2.24, 2.45) is 0 Å². The lowest BCUT2D eigenvalue weighted by Crippen LogP contribution is -2.45. The number of carbonyl (C=O) groups excluding carboxylic acids is 1. The number of aromatic nitrogens is 3. The lowest BCUT2D eigenvalue weighted by atomic mass is 10.0. The zero-order chi connectivity index (χ0) is 17.3. The predicted octanol–water partition coefficient (Wildman–Crippen LogP) is 2.28. The standard InChI is InChI=1S/C15H14ClF3N4O/c16-5-14(24)23(7-10-11(17)2-3-12(18)15(10)19)9-1-4-13-21-20-8-22(13)6-9/h2-3,8-9H,1,4-7H2. The maximum absolute atomic E-state index is 13.9. The molecule has 1 aliphatic heterocycles. The Balaban J connectivity index is 1.89. The third-order valence-corrected chi connectivity index (χ3v) is 4.38. The molecule has 0 aliphatic carbocycles. The third-order valence-electron chi connectivity index (χ3n) is 4.15. The summed E-state index contributed by atoms with van der Waals surface area (Å²) in [6.07, 6.45) is 2.67. The van der Waals surface area contributed by atoms with Crippen molar-refractivity contribution < 1.29 is 18.0 Å². The Kier molecular flexibility index (Phi) is 4.75. The first-order chi connectivity index (χ1) is 11.5.